The first-order chi connectivity index (χ1) is 17.3. The molecule has 0 spiro atoms. The third kappa shape index (κ3) is 9.23. The van der Waals surface area contributed by atoms with Crippen molar-refractivity contribution in [3.63, 3.8) is 0 Å². The average Bonchev–Trinajstić information content (AvgIpc) is 3.14. The molecule has 2 bridgehead atoms. The molecule has 0 saturated carbocycles. The van der Waals surface area contributed by atoms with Gasteiger partial charge in [-0.25, -0.2) is 5.06 Å². The number of rotatable bonds is 13. The molecule has 1 aromatic carbocycles. The molecule has 2 fully saturated rings. The minimum atomic E-state index is -0.242. The number of piperidine rings is 1. The predicted octanol–water partition coefficient (Wildman–Crippen LogP) is 2.37. The van der Waals surface area contributed by atoms with Crippen molar-refractivity contribution >= 4 is 60.3 Å². The summed E-state index contributed by atoms with van der Waals surface area (Å²) < 4.78 is 0. The number of amides is 1. The molecule has 1 amide bonds. The third-order valence-electron chi connectivity index (χ3n) is 7.34. The van der Waals surface area contributed by atoms with Gasteiger partial charge in [-0.15, -0.1) is 0 Å². The van der Waals surface area contributed by atoms with Crippen LogP contribution in [0, 0.1) is 5.92 Å². The summed E-state index contributed by atoms with van der Waals surface area (Å²) in [7, 11) is 3.18. The maximum atomic E-state index is 13.5. The molecule has 1 aromatic rings. The summed E-state index contributed by atoms with van der Waals surface area (Å²) in [5.74, 6) is 0.650. The van der Waals surface area contributed by atoms with Crippen LogP contribution in [-0.4, -0.2) is 97.1 Å². The SMILES string of the molecule is CON(C)C(=O)C1C(c2ccc(Cl)c(Cl)c2)CC2CCC1N2CCCN(CC[S-])CC([O-])=NCC[S-].[O-2].[Tc+5]. The van der Waals surface area contributed by atoms with Crippen LogP contribution in [-0.2, 0) is 60.5 Å². The van der Waals surface area contributed by atoms with E-state index >= 15 is 0 Å². The molecular formula is C25H35Cl2N4O4S2Tc. The van der Waals surface area contributed by atoms with Crippen molar-refractivity contribution in [3.05, 3.63) is 33.8 Å². The molecule has 0 aliphatic carbocycles. The zero-order valence-electron chi connectivity index (χ0n) is 21.7. The summed E-state index contributed by atoms with van der Waals surface area (Å²) in [6.07, 6.45) is 3.77. The molecule has 4 atom stereocenters. The van der Waals surface area contributed by atoms with Gasteiger partial charge in [-0.05, 0) is 74.8 Å². The fraction of sp³-hybridized carbons (Fsp3) is 0.680. The average molecular weight is 689 g/mol. The number of aliphatic imine (C=N–C) groups is 1. The summed E-state index contributed by atoms with van der Waals surface area (Å²) in [4.78, 5) is 27.4. The third-order valence-corrected chi connectivity index (χ3v) is 8.45. The molecule has 3 rings (SSSR count). The molecule has 2 heterocycles. The van der Waals surface area contributed by atoms with E-state index in [0.717, 1.165) is 44.3 Å². The minimum absolute atomic E-state index is 0. The van der Waals surface area contributed by atoms with Gasteiger partial charge in [-0.1, -0.05) is 29.3 Å². The van der Waals surface area contributed by atoms with Crippen LogP contribution in [0.5, 0.6) is 0 Å². The maximum absolute atomic E-state index is 13.5. The van der Waals surface area contributed by atoms with Crippen LogP contribution in [0.1, 0.15) is 37.2 Å². The van der Waals surface area contributed by atoms with Crippen molar-refractivity contribution in [1.82, 2.24) is 14.9 Å². The number of halogens is 2. The van der Waals surface area contributed by atoms with Crippen LogP contribution >= 0.6 is 23.2 Å². The molecular weight excluding hydrogens is 653 g/mol. The van der Waals surface area contributed by atoms with Crippen LogP contribution < -0.4 is 5.11 Å². The first-order valence-corrected chi connectivity index (χ1v) is 14.3. The molecule has 0 aromatic heterocycles. The van der Waals surface area contributed by atoms with E-state index in [9.17, 15) is 9.90 Å². The first-order valence-electron chi connectivity index (χ1n) is 12.4. The van der Waals surface area contributed by atoms with Gasteiger partial charge in [-0.2, -0.15) is 11.5 Å². The fourth-order valence-corrected chi connectivity index (χ4v) is 6.33. The van der Waals surface area contributed by atoms with Crippen molar-refractivity contribution in [3.8, 4) is 0 Å². The van der Waals surface area contributed by atoms with Crippen LogP contribution in [0.4, 0.5) is 0 Å². The second-order valence-corrected chi connectivity index (χ2v) is 11.0. The second kappa shape index (κ2) is 17.7. The number of fused-ring (bicyclic) bond motifs is 2. The van der Waals surface area contributed by atoms with Crippen molar-refractivity contribution in [2.75, 3.05) is 58.4 Å². The number of hydrogen-bond acceptors (Lipinski definition) is 8. The Kier molecular flexibility index (Phi) is 16.7. The van der Waals surface area contributed by atoms with Gasteiger partial charge in [0, 0.05) is 32.2 Å². The summed E-state index contributed by atoms with van der Waals surface area (Å²) in [6, 6.07) is 6.21. The molecule has 212 valence electrons. The molecule has 4 unspecified atom stereocenters. The summed E-state index contributed by atoms with van der Waals surface area (Å²) >= 11 is 22.6. The molecule has 0 radical (unpaired) electrons. The molecule has 2 saturated heterocycles. The van der Waals surface area contributed by atoms with Gasteiger partial charge in [-0.3, -0.25) is 14.5 Å². The van der Waals surface area contributed by atoms with Gasteiger partial charge < -0.3 is 45.7 Å². The monoisotopic (exact) mass is 686 g/mol. The molecule has 8 nitrogen and oxygen atoms in total. The van der Waals surface area contributed by atoms with E-state index in [-0.39, 0.29) is 61.8 Å². The van der Waals surface area contributed by atoms with Gasteiger partial charge in [0.2, 0.25) is 0 Å². The Labute approximate surface area is 260 Å². The Morgan fingerprint density at radius 2 is 1.95 bits per heavy atom. The van der Waals surface area contributed by atoms with Gasteiger partial charge in [0.1, 0.15) is 0 Å². The van der Waals surface area contributed by atoms with Crippen molar-refractivity contribution in [2.45, 2.75) is 43.7 Å². The number of nitrogens with zero attached hydrogens (tertiary/aromatic N) is 4. The molecule has 2 aliphatic rings. The van der Waals surface area contributed by atoms with E-state index in [4.69, 9.17) is 53.3 Å². The van der Waals surface area contributed by atoms with Gasteiger partial charge in [0.25, 0.3) is 5.91 Å². The van der Waals surface area contributed by atoms with E-state index in [1.165, 1.54) is 12.2 Å². The van der Waals surface area contributed by atoms with Crippen LogP contribution in [0.25, 0.3) is 0 Å². The van der Waals surface area contributed by atoms with Gasteiger partial charge in [0.15, 0.2) is 0 Å². The molecule has 2 aliphatic heterocycles. The number of hydrogen-bond donors (Lipinski definition) is 0. The normalized spacial score (nSPS) is 23.2. The van der Waals surface area contributed by atoms with E-state index < -0.39 is 0 Å². The molecule has 13 heteroatoms. The summed E-state index contributed by atoms with van der Waals surface area (Å²) in [5.41, 5.74) is 1.04. The van der Waals surface area contributed by atoms with E-state index in [1.807, 2.05) is 18.2 Å². The standard InChI is InChI=1S/C25H38Cl2N4O3S2.O.Tc/c1-29(34-2)25(33)24-19(17-4-6-20(26)21(27)14-17)15-18-5-7-22(24)31(18)10-3-9-30(11-13-36)16-23(32)28-8-12-35;;/h4,6,14,18-19,22,24,35-36H,3,5,7-13,15-16H2,1-2H3,(H,28,32);;/q;-2;+5/p-3. The largest absolute Gasteiger partial charge is 5.00 e. The zero-order valence-corrected chi connectivity index (χ0v) is 26.7. The smallest absolute Gasteiger partial charge is 2.00 e. The van der Waals surface area contributed by atoms with E-state index in [2.05, 4.69) is 14.8 Å². The second-order valence-electron chi connectivity index (χ2n) is 9.41. The Hall–Kier alpha value is -0.0706. The first kappa shape index (κ1) is 36.0. The van der Waals surface area contributed by atoms with Crippen LogP contribution in [0.15, 0.2) is 23.2 Å². The van der Waals surface area contributed by atoms with E-state index in [0.29, 0.717) is 40.7 Å². The Balaban J connectivity index is 0.00000361. The van der Waals surface area contributed by atoms with Crippen LogP contribution in [0.2, 0.25) is 10.0 Å². The predicted molar refractivity (Wildman–Crippen MR) is 149 cm³/mol. The Morgan fingerprint density at radius 3 is 2.58 bits per heavy atom. The zero-order chi connectivity index (χ0) is 26.2. The minimum Gasteiger partial charge on any atom is -2.00 e. The number of benzene rings is 1. The molecule has 38 heavy (non-hydrogen) atoms. The number of hydroxylamine groups is 2. The fourth-order valence-electron chi connectivity index (χ4n) is 5.67. The maximum Gasteiger partial charge on any atom is 5.00 e. The Morgan fingerprint density at radius 1 is 1.21 bits per heavy atom. The van der Waals surface area contributed by atoms with Crippen LogP contribution in [0.3, 0.4) is 0 Å². The molecule has 0 N–H and O–H groups in total. The van der Waals surface area contributed by atoms with Crippen molar-refractivity contribution in [1.29, 1.82) is 0 Å². The topological polar surface area (TPSA) is 99.9 Å². The van der Waals surface area contributed by atoms with Gasteiger partial charge >= 0.3 is 20.1 Å². The Bertz CT molecular complexity index is 920. The summed E-state index contributed by atoms with van der Waals surface area (Å²) in [5, 5.41) is 14.5. The van der Waals surface area contributed by atoms with Crippen molar-refractivity contribution in [2.24, 2.45) is 10.9 Å². The number of carbonyl (C=O) groups excluding carboxylic acids is 1. The van der Waals surface area contributed by atoms with Crippen molar-refractivity contribution < 1.29 is 40.3 Å². The summed E-state index contributed by atoms with van der Waals surface area (Å²) in [6.45, 7) is 2.96. The van der Waals surface area contributed by atoms with E-state index in [1.54, 1.807) is 7.05 Å². The number of carbonyl (C=O) groups is 1. The van der Waals surface area contributed by atoms with Gasteiger partial charge in [0.05, 0.1) is 23.1 Å². The quantitative estimate of drug-likeness (QED) is 0.136.